The Balaban J connectivity index is 2.03. The maximum absolute atomic E-state index is 11.4. The van der Waals surface area contributed by atoms with Crippen molar-refractivity contribution in [1.82, 2.24) is 10.3 Å². The number of hydrogen-bond donors (Lipinski definition) is 2. The van der Waals surface area contributed by atoms with Crippen LogP contribution in [0.4, 0.5) is 5.82 Å². The van der Waals surface area contributed by atoms with Crippen molar-refractivity contribution >= 4 is 11.7 Å². The van der Waals surface area contributed by atoms with Crippen LogP contribution in [0.2, 0.25) is 0 Å². The van der Waals surface area contributed by atoms with E-state index < -0.39 is 0 Å². The molecule has 0 spiro atoms. The lowest BCUT2D eigenvalue weighted by Crippen LogP contribution is -2.40. The summed E-state index contributed by atoms with van der Waals surface area (Å²) < 4.78 is 0. The number of hydrogen-bond acceptors (Lipinski definition) is 4. The molecule has 2 rings (SSSR count). The number of primary amides is 1. The van der Waals surface area contributed by atoms with Crippen LogP contribution in [0.3, 0.4) is 0 Å². The molecule has 110 valence electrons. The molecule has 3 N–H and O–H groups in total. The van der Waals surface area contributed by atoms with E-state index in [0.29, 0.717) is 0 Å². The first-order valence-electron chi connectivity index (χ1n) is 7.13. The summed E-state index contributed by atoms with van der Waals surface area (Å²) in [5.74, 6) is 0.577. The molecule has 1 atom stereocenters. The number of aromatic nitrogens is 1. The van der Waals surface area contributed by atoms with Crippen LogP contribution in [0, 0.1) is 0 Å². The zero-order chi connectivity index (χ0) is 14.8. The normalized spacial score (nSPS) is 19.4. The number of nitrogens with one attached hydrogen (secondary N) is 1. The molecule has 5 nitrogen and oxygen atoms in total. The summed E-state index contributed by atoms with van der Waals surface area (Å²) in [6.45, 7) is 8.04. The van der Waals surface area contributed by atoms with Gasteiger partial charge in [0.2, 0.25) is 5.91 Å². The number of carbonyl (C=O) groups is 1. The molecule has 5 heteroatoms. The van der Waals surface area contributed by atoms with Gasteiger partial charge in [-0.1, -0.05) is 6.07 Å². The average Bonchev–Trinajstić information content (AvgIpc) is 2.85. The van der Waals surface area contributed by atoms with Crippen molar-refractivity contribution in [2.24, 2.45) is 5.73 Å². The van der Waals surface area contributed by atoms with E-state index in [4.69, 9.17) is 5.73 Å². The van der Waals surface area contributed by atoms with Gasteiger partial charge in [0.05, 0.1) is 0 Å². The van der Waals surface area contributed by atoms with Crippen LogP contribution in [0.15, 0.2) is 18.3 Å². The molecule has 1 fully saturated rings. The Labute approximate surface area is 120 Å². The Hall–Kier alpha value is -1.62. The summed E-state index contributed by atoms with van der Waals surface area (Å²) in [6, 6.07) is 3.82. The molecular weight excluding hydrogens is 252 g/mol. The molecule has 1 unspecified atom stereocenters. The SMILES string of the molecule is CC(C)(C)NCc1ccc(N2CCCC2C(N)=O)nc1. The third kappa shape index (κ3) is 3.70. The smallest absolute Gasteiger partial charge is 0.240 e. The molecule has 1 aromatic rings. The lowest BCUT2D eigenvalue weighted by Gasteiger charge is -2.24. The summed E-state index contributed by atoms with van der Waals surface area (Å²) in [4.78, 5) is 17.9. The summed E-state index contributed by atoms with van der Waals surface area (Å²) in [6.07, 6.45) is 3.68. The molecule has 0 aliphatic carbocycles. The maximum Gasteiger partial charge on any atom is 0.240 e. The van der Waals surface area contributed by atoms with Crippen LogP contribution in [-0.4, -0.2) is 29.0 Å². The Morgan fingerprint density at radius 2 is 2.25 bits per heavy atom. The van der Waals surface area contributed by atoms with Gasteiger partial charge < -0.3 is 16.0 Å². The van der Waals surface area contributed by atoms with Gasteiger partial charge in [0.1, 0.15) is 11.9 Å². The minimum Gasteiger partial charge on any atom is -0.368 e. The van der Waals surface area contributed by atoms with Crippen molar-refractivity contribution in [3.05, 3.63) is 23.9 Å². The summed E-state index contributed by atoms with van der Waals surface area (Å²) in [7, 11) is 0. The van der Waals surface area contributed by atoms with Crippen molar-refractivity contribution in [1.29, 1.82) is 0 Å². The minimum absolute atomic E-state index is 0.0880. The van der Waals surface area contributed by atoms with E-state index in [1.807, 2.05) is 17.2 Å². The van der Waals surface area contributed by atoms with Crippen molar-refractivity contribution < 1.29 is 4.79 Å². The van der Waals surface area contributed by atoms with Crippen molar-refractivity contribution in [3.63, 3.8) is 0 Å². The fraction of sp³-hybridized carbons (Fsp3) is 0.600. The molecule has 1 saturated heterocycles. The number of nitrogens with two attached hydrogens (primary N) is 1. The number of anilines is 1. The van der Waals surface area contributed by atoms with Crippen molar-refractivity contribution in [2.75, 3.05) is 11.4 Å². The van der Waals surface area contributed by atoms with E-state index in [-0.39, 0.29) is 17.5 Å². The van der Waals surface area contributed by atoms with E-state index >= 15 is 0 Å². The first kappa shape index (κ1) is 14.8. The first-order valence-corrected chi connectivity index (χ1v) is 7.13. The fourth-order valence-electron chi connectivity index (χ4n) is 2.40. The third-order valence-electron chi connectivity index (χ3n) is 3.51. The second-order valence-corrected chi connectivity index (χ2v) is 6.38. The monoisotopic (exact) mass is 276 g/mol. The van der Waals surface area contributed by atoms with E-state index in [2.05, 4.69) is 37.1 Å². The lowest BCUT2D eigenvalue weighted by molar-refractivity contribution is -0.119. The Morgan fingerprint density at radius 3 is 2.80 bits per heavy atom. The van der Waals surface area contributed by atoms with Gasteiger partial charge in [-0.3, -0.25) is 4.79 Å². The van der Waals surface area contributed by atoms with Crippen molar-refractivity contribution in [2.45, 2.75) is 51.7 Å². The molecule has 20 heavy (non-hydrogen) atoms. The maximum atomic E-state index is 11.4. The van der Waals surface area contributed by atoms with Crippen LogP contribution in [-0.2, 0) is 11.3 Å². The van der Waals surface area contributed by atoms with Crippen molar-refractivity contribution in [3.8, 4) is 0 Å². The Kier molecular flexibility index (Phi) is 4.28. The number of amides is 1. The number of rotatable bonds is 4. The number of nitrogens with zero attached hydrogens (tertiary/aromatic N) is 2. The molecule has 1 aliphatic rings. The standard InChI is InChI=1S/C15H24N4O/c1-15(2,3)18-10-11-6-7-13(17-9-11)19-8-4-5-12(19)14(16)20/h6-7,9,12,18H,4-5,8,10H2,1-3H3,(H2,16,20). The van der Waals surface area contributed by atoms with E-state index in [9.17, 15) is 4.79 Å². The predicted molar refractivity (Wildman–Crippen MR) is 80.4 cm³/mol. The summed E-state index contributed by atoms with van der Waals surface area (Å²) in [5.41, 5.74) is 6.66. The highest BCUT2D eigenvalue weighted by Crippen LogP contribution is 2.23. The molecule has 2 heterocycles. The molecule has 0 radical (unpaired) electrons. The molecule has 0 aromatic carbocycles. The van der Waals surface area contributed by atoms with Crippen LogP contribution >= 0.6 is 0 Å². The second-order valence-electron chi connectivity index (χ2n) is 6.38. The van der Waals surface area contributed by atoms with Gasteiger partial charge in [-0.15, -0.1) is 0 Å². The zero-order valence-electron chi connectivity index (χ0n) is 12.5. The Bertz CT molecular complexity index is 464. The van der Waals surface area contributed by atoms with Gasteiger partial charge in [-0.25, -0.2) is 4.98 Å². The number of carbonyl (C=O) groups excluding carboxylic acids is 1. The fourth-order valence-corrected chi connectivity index (χ4v) is 2.40. The second kappa shape index (κ2) is 5.79. The predicted octanol–water partition coefficient (Wildman–Crippen LogP) is 1.42. The van der Waals surface area contributed by atoms with Crippen LogP contribution in [0.1, 0.15) is 39.2 Å². The first-order chi connectivity index (χ1) is 9.37. The van der Waals surface area contributed by atoms with Gasteiger partial charge in [0.15, 0.2) is 0 Å². The van der Waals surface area contributed by atoms with Gasteiger partial charge in [0.25, 0.3) is 0 Å². The quantitative estimate of drug-likeness (QED) is 0.872. The minimum atomic E-state index is -0.261. The molecule has 1 amide bonds. The molecule has 0 saturated carbocycles. The van der Waals surface area contributed by atoms with Crippen LogP contribution < -0.4 is 16.0 Å². The van der Waals surface area contributed by atoms with Gasteiger partial charge in [-0.2, -0.15) is 0 Å². The van der Waals surface area contributed by atoms with E-state index in [0.717, 1.165) is 37.3 Å². The lowest BCUT2D eigenvalue weighted by atomic mass is 10.1. The van der Waals surface area contributed by atoms with Gasteiger partial charge in [0, 0.05) is 24.8 Å². The van der Waals surface area contributed by atoms with E-state index in [1.165, 1.54) is 0 Å². The summed E-state index contributed by atoms with van der Waals surface area (Å²) in [5, 5.41) is 3.43. The highest BCUT2D eigenvalue weighted by atomic mass is 16.1. The average molecular weight is 276 g/mol. The summed E-state index contributed by atoms with van der Waals surface area (Å²) >= 11 is 0. The highest BCUT2D eigenvalue weighted by molar-refractivity contribution is 5.83. The highest BCUT2D eigenvalue weighted by Gasteiger charge is 2.29. The van der Waals surface area contributed by atoms with Crippen LogP contribution in [0.5, 0.6) is 0 Å². The topological polar surface area (TPSA) is 71.2 Å². The van der Waals surface area contributed by atoms with Crippen LogP contribution in [0.25, 0.3) is 0 Å². The molecule has 1 aliphatic heterocycles. The van der Waals surface area contributed by atoms with Gasteiger partial charge in [-0.05, 0) is 45.2 Å². The third-order valence-corrected chi connectivity index (χ3v) is 3.51. The molecular formula is C15H24N4O. The molecule has 1 aromatic heterocycles. The zero-order valence-corrected chi connectivity index (χ0v) is 12.5. The van der Waals surface area contributed by atoms with E-state index in [1.54, 1.807) is 0 Å². The van der Waals surface area contributed by atoms with Gasteiger partial charge >= 0.3 is 0 Å². The Morgan fingerprint density at radius 1 is 1.50 bits per heavy atom. The number of pyridine rings is 1. The molecule has 0 bridgehead atoms. The largest absolute Gasteiger partial charge is 0.368 e.